The molecule has 7 aromatic rings. The lowest BCUT2D eigenvalue weighted by Gasteiger charge is -2.42. The zero-order valence-corrected chi connectivity index (χ0v) is 23.3. The molecule has 0 unspecified atom stereocenters. The minimum Gasteiger partial charge on any atom is -0.310 e. The number of hydrogen-bond donors (Lipinski definition) is 0. The molecule has 196 valence electrons. The van der Waals surface area contributed by atoms with Crippen LogP contribution in [0.5, 0.6) is 0 Å². The van der Waals surface area contributed by atoms with E-state index in [-0.39, 0.29) is 5.41 Å². The molecule has 6 aromatic carbocycles. The molecule has 2 heteroatoms. The Morgan fingerprint density at radius 2 is 1.02 bits per heavy atom. The van der Waals surface area contributed by atoms with Crippen LogP contribution in [0.3, 0.4) is 0 Å². The van der Waals surface area contributed by atoms with E-state index in [0.29, 0.717) is 0 Å². The van der Waals surface area contributed by atoms with Crippen molar-refractivity contribution in [3.8, 4) is 16.8 Å². The Labute approximate surface area is 240 Å². The molecule has 0 saturated heterocycles. The summed E-state index contributed by atoms with van der Waals surface area (Å²) in [4.78, 5) is 2.41. The zero-order valence-electron chi connectivity index (χ0n) is 23.3. The first-order chi connectivity index (χ1) is 20.1. The molecule has 1 aliphatic heterocycles. The standard InChI is InChI=1S/C39H30N2/c1-39(2)33-18-10-12-20-37(33)41(30-15-7-4-8-16-30)38-24-22-28(26-34(38)39)27-21-23-36-32(25-27)31-17-9-11-19-35(31)40(36)29-13-5-3-6-14-29/h3-26H,1-2H3. The van der Waals surface area contributed by atoms with Crippen molar-refractivity contribution in [1.82, 2.24) is 4.57 Å². The van der Waals surface area contributed by atoms with Crippen LogP contribution in [0, 0.1) is 0 Å². The monoisotopic (exact) mass is 526 g/mol. The number of hydrogen-bond acceptors (Lipinski definition) is 1. The van der Waals surface area contributed by atoms with Crippen LogP contribution in [-0.4, -0.2) is 4.57 Å². The molecule has 0 bridgehead atoms. The highest BCUT2D eigenvalue weighted by molar-refractivity contribution is 6.10. The van der Waals surface area contributed by atoms with Gasteiger partial charge in [-0.3, -0.25) is 0 Å². The molecule has 0 fully saturated rings. The third-order valence-electron chi connectivity index (χ3n) is 8.76. The van der Waals surface area contributed by atoms with Gasteiger partial charge in [0.05, 0.1) is 22.4 Å². The lowest BCUT2D eigenvalue weighted by molar-refractivity contribution is 0.632. The van der Waals surface area contributed by atoms with Crippen molar-refractivity contribution >= 4 is 38.9 Å². The minimum atomic E-state index is -0.138. The number of para-hydroxylation sites is 4. The van der Waals surface area contributed by atoms with Crippen LogP contribution in [0.2, 0.25) is 0 Å². The van der Waals surface area contributed by atoms with Gasteiger partial charge in [-0.1, -0.05) is 98.8 Å². The Morgan fingerprint density at radius 3 is 1.83 bits per heavy atom. The minimum absolute atomic E-state index is 0.138. The van der Waals surface area contributed by atoms with E-state index in [1.54, 1.807) is 0 Å². The Hall–Kier alpha value is -5.08. The normalized spacial score (nSPS) is 13.8. The fourth-order valence-corrected chi connectivity index (χ4v) is 6.75. The van der Waals surface area contributed by atoms with Crippen molar-refractivity contribution in [2.45, 2.75) is 19.3 Å². The van der Waals surface area contributed by atoms with Crippen LogP contribution >= 0.6 is 0 Å². The summed E-state index contributed by atoms with van der Waals surface area (Å²) in [5.74, 6) is 0. The smallest absolute Gasteiger partial charge is 0.0541 e. The van der Waals surface area contributed by atoms with Gasteiger partial charge >= 0.3 is 0 Å². The van der Waals surface area contributed by atoms with Gasteiger partial charge < -0.3 is 9.47 Å². The first-order valence-electron chi connectivity index (χ1n) is 14.3. The average molecular weight is 527 g/mol. The lowest BCUT2D eigenvalue weighted by atomic mass is 9.73. The summed E-state index contributed by atoms with van der Waals surface area (Å²) in [6.45, 7) is 4.71. The van der Waals surface area contributed by atoms with E-state index in [2.05, 4.69) is 169 Å². The number of aromatic nitrogens is 1. The molecule has 41 heavy (non-hydrogen) atoms. The second-order valence-electron chi connectivity index (χ2n) is 11.5. The van der Waals surface area contributed by atoms with E-state index in [1.807, 2.05) is 0 Å². The van der Waals surface area contributed by atoms with Gasteiger partial charge in [-0.15, -0.1) is 0 Å². The maximum absolute atomic E-state index is 2.42. The van der Waals surface area contributed by atoms with Gasteiger partial charge in [0.15, 0.2) is 0 Å². The van der Waals surface area contributed by atoms with E-state index in [9.17, 15) is 0 Å². The summed E-state index contributed by atoms with van der Waals surface area (Å²) < 4.78 is 2.37. The van der Waals surface area contributed by atoms with Crippen molar-refractivity contribution in [2.75, 3.05) is 4.90 Å². The van der Waals surface area contributed by atoms with Gasteiger partial charge in [0.1, 0.15) is 0 Å². The lowest BCUT2D eigenvalue weighted by Crippen LogP contribution is -2.30. The molecule has 0 radical (unpaired) electrons. The molecular formula is C39H30N2. The molecule has 2 nitrogen and oxygen atoms in total. The molecule has 0 saturated carbocycles. The SMILES string of the molecule is CC1(C)c2ccccc2N(c2ccccc2)c2ccc(-c3ccc4c(c3)c3ccccc3n4-c3ccccc3)cc21. The number of anilines is 3. The zero-order chi connectivity index (χ0) is 27.6. The maximum atomic E-state index is 2.42. The summed E-state index contributed by atoms with van der Waals surface area (Å²) in [6, 6.07) is 52.9. The second kappa shape index (κ2) is 8.97. The van der Waals surface area contributed by atoms with Crippen LogP contribution < -0.4 is 4.90 Å². The van der Waals surface area contributed by atoms with Crippen LogP contribution in [0.1, 0.15) is 25.0 Å². The van der Waals surface area contributed by atoms with Crippen molar-refractivity contribution in [3.63, 3.8) is 0 Å². The molecule has 0 aliphatic carbocycles. The quantitative estimate of drug-likeness (QED) is 0.222. The highest BCUT2D eigenvalue weighted by Gasteiger charge is 2.36. The van der Waals surface area contributed by atoms with Crippen molar-refractivity contribution in [1.29, 1.82) is 0 Å². The molecule has 0 spiro atoms. The highest BCUT2D eigenvalue weighted by Crippen LogP contribution is 2.52. The van der Waals surface area contributed by atoms with Crippen LogP contribution in [0.4, 0.5) is 17.1 Å². The summed E-state index contributed by atoms with van der Waals surface area (Å²) in [6.07, 6.45) is 0. The van der Waals surface area contributed by atoms with Crippen LogP contribution in [0.15, 0.2) is 146 Å². The maximum Gasteiger partial charge on any atom is 0.0541 e. The number of rotatable bonds is 3. The topological polar surface area (TPSA) is 8.17 Å². The van der Waals surface area contributed by atoms with Crippen LogP contribution in [-0.2, 0) is 5.41 Å². The molecule has 2 heterocycles. The third-order valence-corrected chi connectivity index (χ3v) is 8.76. The molecule has 1 aromatic heterocycles. The summed E-state index contributed by atoms with van der Waals surface area (Å²) in [7, 11) is 0. The first-order valence-corrected chi connectivity index (χ1v) is 14.3. The van der Waals surface area contributed by atoms with E-state index < -0.39 is 0 Å². The van der Waals surface area contributed by atoms with E-state index in [1.165, 1.54) is 66.8 Å². The first kappa shape index (κ1) is 23.8. The van der Waals surface area contributed by atoms with E-state index in [0.717, 1.165) is 0 Å². The molecular weight excluding hydrogens is 496 g/mol. The molecule has 8 rings (SSSR count). The summed E-state index contributed by atoms with van der Waals surface area (Å²) in [5, 5.41) is 2.55. The highest BCUT2D eigenvalue weighted by atomic mass is 15.2. The Kier molecular flexibility index (Phi) is 5.20. The van der Waals surface area contributed by atoms with Gasteiger partial charge in [-0.2, -0.15) is 0 Å². The summed E-state index contributed by atoms with van der Waals surface area (Å²) >= 11 is 0. The fraction of sp³-hybridized carbons (Fsp3) is 0.0769. The van der Waals surface area contributed by atoms with Crippen LogP contribution in [0.25, 0.3) is 38.6 Å². The Morgan fingerprint density at radius 1 is 0.439 bits per heavy atom. The number of benzene rings is 6. The third kappa shape index (κ3) is 3.57. The molecule has 0 atom stereocenters. The Balaban J connectivity index is 1.33. The predicted octanol–water partition coefficient (Wildman–Crippen LogP) is 10.6. The number of nitrogens with zero attached hydrogens (tertiary/aromatic N) is 2. The second-order valence-corrected chi connectivity index (χ2v) is 11.5. The van der Waals surface area contributed by atoms with E-state index >= 15 is 0 Å². The van der Waals surface area contributed by atoms with Crippen molar-refractivity contribution < 1.29 is 0 Å². The van der Waals surface area contributed by atoms with Gasteiger partial charge in [-0.25, -0.2) is 0 Å². The van der Waals surface area contributed by atoms with Gasteiger partial charge in [-0.05, 0) is 82.9 Å². The largest absolute Gasteiger partial charge is 0.310 e. The van der Waals surface area contributed by atoms with E-state index in [4.69, 9.17) is 0 Å². The number of fused-ring (bicyclic) bond motifs is 5. The molecule has 1 aliphatic rings. The van der Waals surface area contributed by atoms with Gasteiger partial charge in [0.2, 0.25) is 0 Å². The summed E-state index contributed by atoms with van der Waals surface area (Å²) in [5.41, 5.74) is 12.3. The van der Waals surface area contributed by atoms with Gasteiger partial charge in [0.25, 0.3) is 0 Å². The predicted molar refractivity (Wildman–Crippen MR) is 173 cm³/mol. The van der Waals surface area contributed by atoms with Gasteiger partial charge in [0, 0.05) is 27.6 Å². The Bertz CT molecular complexity index is 2070. The van der Waals surface area contributed by atoms with Crippen molar-refractivity contribution in [2.24, 2.45) is 0 Å². The molecule has 0 amide bonds. The fourth-order valence-electron chi connectivity index (χ4n) is 6.75. The average Bonchev–Trinajstić information content (AvgIpc) is 3.36. The molecule has 0 N–H and O–H groups in total. The van der Waals surface area contributed by atoms with Crippen molar-refractivity contribution in [3.05, 3.63) is 157 Å².